The number of ether oxygens (including phenoxy) is 1. The average molecular weight is 229 g/mol. The summed E-state index contributed by atoms with van der Waals surface area (Å²) in [6.07, 6.45) is 1.70. The van der Waals surface area contributed by atoms with Crippen LogP contribution in [0.25, 0.3) is 0 Å². The molecule has 0 aliphatic carbocycles. The molecule has 2 aromatic rings. The maximum absolute atomic E-state index is 5.58. The van der Waals surface area contributed by atoms with Crippen molar-refractivity contribution in [2.24, 2.45) is 5.73 Å². The molecule has 0 saturated carbocycles. The minimum atomic E-state index is 0.352. The summed E-state index contributed by atoms with van der Waals surface area (Å²) in [6.45, 7) is 4.35. The van der Waals surface area contributed by atoms with Gasteiger partial charge in [-0.1, -0.05) is 12.1 Å². The van der Waals surface area contributed by atoms with Gasteiger partial charge in [-0.3, -0.25) is 0 Å². The zero-order chi connectivity index (χ0) is 12.3. The summed E-state index contributed by atoms with van der Waals surface area (Å²) in [5.74, 6) is 0.741. The predicted octanol–water partition coefficient (Wildman–Crippen LogP) is 2.34. The summed E-state index contributed by atoms with van der Waals surface area (Å²) < 4.78 is 5.58. The fourth-order valence-corrected chi connectivity index (χ4v) is 1.50. The van der Waals surface area contributed by atoms with Gasteiger partial charge in [0.2, 0.25) is 0 Å². The maximum atomic E-state index is 5.58. The van der Waals surface area contributed by atoms with Gasteiger partial charge in [-0.15, -0.1) is 0 Å². The van der Waals surface area contributed by atoms with Gasteiger partial charge in [0.1, 0.15) is 5.75 Å². The molecule has 2 N–H and O–H groups in total. The average Bonchev–Trinajstić information content (AvgIpc) is 2.29. The van der Waals surface area contributed by atoms with Crippen LogP contribution in [0, 0.1) is 13.8 Å². The highest BCUT2D eigenvalue weighted by Crippen LogP contribution is 2.19. The topological polar surface area (TPSA) is 61.0 Å². The van der Waals surface area contributed by atoms with Crippen molar-refractivity contribution in [2.45, 2.75) is 20.4 Å². The first-order valence-electron chi connectivity index (χ1n) is 5.46. The van der Waals surface area contributed by atoms with Crippen LogP contribution in [-0.4, -0.2) is 9.97 Å². The summed E-state index contributed by atoms with van der Waals surface area (Å²) in [7, 11) is 0. The van der Waals surface area contributed by atoms with Gasteiger partial charge in [-0.05, 0) is 31.5 Å². The van der Waals surface area contributed by atoms with Crippen molar-refractivity contribution < 1.29 is 4.74 Å². The molecule has 1 heterocycles. The number of rotatable bonds is 3. The van der Waals surface area contributed by atoms with Crippen LogP contribution in [0.3, 0.4) is 0 Å². The predicted molar refractivity (Wildman–Crippen MR) is 65.9 cm³/mol. The van der Waals surface area contributed by atoms with Crippen LogP contribution in [0.4, 0.5) is 0 Å². The fourth-order valence-electron chi connectivity index (χ4n) is 1.50. The van der Waals surface area contributed by atoms with Crippen LogP contribution in [0.15, 0.2) is 30.5 Å². The third-order valence-corrected chi connectivity index (χ3v) is 2.48. The van der Waals surface area contributed by atoms with Crippen molar-refractivity contribution in [3.63, 3.8) is 0 Å². The first-order valence-corrected chi connectivity index (χ1v) is 5.46. The molecule has 0 unspecified atom stereocenters. The highest BCUT2D eigenvalue weighted by Gasteiger charge is 2.04. The first-order chi connectivity index (χ1) is 8.19. The van der Waals surface area contributed by atoms with E-state index in [-0.39, 0.29) is 0 Å². The molecule has 0 atom stereocenters. The summed E-state index contributed by atoms with van der Waals surface area (Å²) in [5, 5.41) is 0. The summed E-state index contributed by atoms with van der Waals surface area (Å²) in [5.41, 5.74) is 8.47. The lowest BCUT2D eigenvalue weighted by atomic mass is 10.2. The Labute approximate surface area is 100 Å². The SMILES string of the molecule is Cc1cccc(Oc2ncc(CN)c(C)n2)c1. The van der Waals surface area contributed by atoms with Crippen LogP contribution < -0.4 is 10.5 Å². The second-order valence-corrected chi connectivity index (χ2v) is 3.89. The number of nitrogens with two attached hydrogens (primary N) is 1. The van der Waals surface area contributed by atoms with Gasteiger partial charge in [-0.2, -0.15) is 4.98 Å². The largest absolute Gasteiger partial charge is 0.424 e. The number of benzene rings is 1. The number of hydrogen-bond acceptors (Lipinski definition) is 4. The molecular weight excluding hydrogens is 214 g/mol. The van der Waals surface area contributed by atoms with E-state index in [4.69, 9.17) is 10.5 Å². The van der Waals surface area contributed by atoms with Crippen molar-refractivity contribution in [1.82, 2.24) is 9.97 Å². The molecule has 1 aromatic carbocycles. The van der Waals surface area contributed by atoms with Crippen molar-refractivity contribution in [1.29, 1.82) is 0 Å². The van der Waals surface area contributed by atoms with Crippen molar-refractivity contribution in [2.75, 3.05) is 0 Å². The first kappa shape index (κ1) is 11.5. The minimum Gasteiger partial charge on any atom is -0.424 e. The highest BCUT2D eigenvalue weighted by molar-refractivity contribution is 5.30. The third-order valence-electron chi connectivity index (χ3n) is 2.48. The molecule has 2 rings (SSSR count). The summed E-state index contributed by atoms with van der Waals surface area (Å²) >= 11 is 0. The second kappa shape index (κ2) is 4.93. The number of hydrogen-bond donors (Lipinski definition) is 1. The number of aromatic nitrogens is 2. The molecule has 0 bridgehead atoms. The van der Waals surface area contributed by atoms with Gasteiger partial charge in [0.25, 0.3) is 0 Å². The van der Waals surface area contributed by atoms with Crippen molar-refractivity contribution in [3.8, 4) is 11.8 Å². The molecule has 17 heavy (non-hydrogen) atoms. The Morgan fingerprint density at radius 3 is 2.76 bits per heavy atom. The maximum Gasteiger partial charge on any atom is 0.322 e. The van der Waals surface area contributed by atoms with Gasteiger partial charge in [0.05, 0.1) is 0 Å². The van der Waals surface area contributed by atoms with Crippen LogP contribution in [-0.2, 0) is 6.54 Å². The Morgan fingerprint density at radius 2 is 2.12 bits per heavy atom. The molecule has 1 aromatic heterocycles. The Morgan fingerprint density at radius 1 is 1.29 bits per heavy atom. The van der Waals surface area contributed by atoms with Crippen LogP contribution in [0.2, 0.25) is 0 Å². The van der Waals surface area contributed by atoms with Gasteiger partial charge in [0.15, 0.2) is 0 Å². The summed E-state index contributed by atoms with van der Waals surface area (Å²) in [6, 6.07) is 8.12. The van der Waals surface area contributed by atoms with E-state index in [9.17, 15) is 0 Å². The summed E-state index contributed by atoms with van der Waals surface area (Å²) in [4.78, 5) is 8.38. The molecular formula is C13H15N3O. The normalized spacial score (nSPS) is 10.3. The highest BCUT2D eigenvalue weighted by atomic mass is 16.5. The van der Waals surface area contributed by atoms with Crippen LogP contribution >= 0.6 is 0 Å². The van der Waals surface area contributed by atoms with Gasteiger partial charge in [0, 0.05) is 24.0 Å². The lowest BCUT2D eigenvalue weighted by Gasteiger charge is -2.06. The van der Waals surface area contributed by atoms with E-state index in [1.165, 1.54) is 0 Å². The van der Waals surface area contributed by atoms with E-state index >= 15 is 0 Å². The van der Waals surface area contributed by atoms with Crippen molar-refractivity contribution >= 4 is 0 Å². The minimum absolute atomic E-state index is 0.352. The smallest absolute Gasteiger partial charge is 0.322 e. The van der Waals surface area contributed by atoms with E-state index in [1.54, 1.807) is 6.20 Å². The molecule has 0 aliphatic heterocycles. The molecule has 88 valence electrons. The van der Waals surface area contributed by atoms with Gasteiger partial charge >= 0.3 is 6.01 Å². The zero-order valence-electron chi connectivity index (χ0n) is 9.97. The number of nitrogens with zero attached hydrogens (tertiary/aromatic N) is 2. The zero-order valence-corrected chi connectivity index (χ0v) is 9.97. The number of aryl methyl sites for hydroxylation is 2. The molecule has 0 fully saturated rings. The lowest BCUT2D eigenvalue weighted by Crippen LogP contribution is -2.03. The Kier molecular flexibility index (Phi) is 3.35. The lowest BCUT2D eigenvalue weighted by molar-refractivity contribution is 0.439. The molecule has 0 amide bonds. The molecule has 0 aliphatic rings. The quantitative estimate of drug-likeness (QED) is 0.877. The Balaban J connectivity index is 2.22. The monoisotopic (exact) mass is 229 g/mol. The fraction of sp³-hybridized carbons (Fsp3) is 0.231. The van der Waals surface area contributed by atoms with E-state index in [0.717, 1.165) is 22.6 Å². The van der Waals surface area contributed by atoms with E-state index in [2.05, 4.69) is 9.97 Å². The molecule has 0 saturated heterocycles. The molecule has 4 heteroatoms. The second-order valence-electron chi connectivity index (χ2n) is 3.89. The van der Waals surface area contributed by atoms with Crippen LogP contribution in [0.5, 0.6) is 11.8 Å². The van der Waals surface area contributed by atoms with Crippen molar-refractivity contribution in [3.05, 3.63) is 47.3 Å². The Hall–Kier alpha value is -1.94. The third kappa shape index (κ3) is 2.79. The standard InChI is InChI=1S/C13H15N3O/c1-9-4-3-5-12(6-9)17-13-15-8-11(7-14)10(2)16-13/h3-6,8H,7,14H2,1-2H3. The molecule has 4 nitrogen and oxygen atoms in total. The Bertz CT molecular complexity index is 526. The molecule has 0 radical (unpaired) electrons. The van der Waals surface area contributed by atoms with E-state index < -0.39 is 0 Å². The van der Waals surface area contributed by atoms with Crippen LogP contribution in [0.1, 0.15) is 16.8 Å². The molecule has 0 spiro atoms. The van der Waals surface area contributed by atoms with Gasteiger partial charge in [-0.25, -0.2) is 4.98 Å². The van der Waals surface area contributed by atoms with E-state index in [1.807, 2.05) is 38.1 Å². The van der Waals surface area contributed by atoms with E-state index in [0.29, 0.717) is 12.6 Å². The van der Waals surface area contributed by atoms with Gasteiger partial charge < -0.3 is 10.5 Å².